The predicted molar refractivity (Wildman–Crippen MR) is 63.8 cm³/mol. The number of hydrogen-bond donors (Lipinski definition) is 2. The molecule has 3 nitrogen and oxygen atoms in total. The van der Waals surface area contributed by atoms with Gasteiger partial charge in [0, 0.05) is 31.5 Å². The summed E-state index contributed by atoms with van der Waals surface area (Å²) in [6.45, 7) is 4.73. The summed E-state index contributed by atoms with van der Waals surface area (Å²) in [5, 5.41) is 12.7. The van der Waals surface area contributed by atoms with Crippen molar-refractivity contribution in [3.8, 4) is 5.75 Å². The van der Waals surface area contributed by atoms with E-state index in [0.717, 1.165) is 18.8 Å². The average Bonchev–Trinajstić information content (AvgIpc) is 2.78. The molecule has 1 heterocycles. The van der Waals surface area contributed by atoms with E-state index in [4.69, 9.17) is 4.74 Å². The van der Waals surface area contributed by atoms with Gasteiger partial charge in [0.05, 0.1) is 6.61 Å². The zero-order chi connectivity index (χ0) is 11.4. The fraction of sp³-hybridized carbons (Fsp3) is 0.538. The second kappa shape index (κ2) is 5.32. The first-order valence-electron chi connectivity index (χ1n) is 5.90. The fourth-order valence-corrected chi connectivity index (χ4v) is 2.36. The predicted octanol–water partition coefficient (Wildman–Crippen LogP) is 1.38. The lowest BCUT2D eigenvalue weighted by Gasteiger charge is -2.19. The molecule has 2 atom stereocenters. The maximum Gasteiger partial charge on any atom is 0.122 e. The summed E-state index contributed by atoms with van der Waals surface area (Å²) in [7, 11) is 0. The molecule has 0 amide bonds. The average molecular weight is 221 g/mol. The van der Waals surface area contributed by atoms with Crippen molar-refractivity contribution in [2.24, 2.45) is 5.92 Å². The molecule has 0 radical (unpaired) electrons. The van der Waals surface area contributed by atoms with Crippen molar-refractivity contribution in [1.82, 2.24) is 5.32 Å². The molecule has 1 aliphatic heterocycles. The highest BCUT2D eigenvalue weighted by molar-refractivity contribution is 5.37. The Morgan fingerprint density at radius 1 is 1.38 bits per heavy atom. The molecule has 1 aromatic rings. The van der Waals surface area contributed by atoms with Gasteiger partial charge in [0.2, 0.25) is 0 Å². The van der Waals surface area contributed by atoms with E-state index < -0.39 is 0 Å². The number of nitrogens with one attached hydrogen (secondary N) is 1. The molecule has 1 fully saturated rings. The van der Waals surface area contributed by atoms with Crippen LogP contribution in [0.25, 0.3) is 0 Å². The van der Waals surface area contributed by atoms with E-state index in [1.54, 1.807) is 0 Å². The standard InChI is InChI=1S/C13H19NO2/c1-2-16-13-6-4-3-5-11(13)12-8-14-7-10(12)9-15/h3-6,10,12,14-15H,2,7-9H2,1H3/t10-,12+/m1/s1. The second-order valence-electron chi connectivity index (χ2n) is 4.18. The molecule has 1 aromatic carbocycles. The maximum absolute atomic E-state index is 9.34. The molecule has 0 aromatic heterocycles. The van der Waals surface area contributed by atoms with Crippen LogP contribution in [0.15, 0.2) is 24.3 Å². The van der Waals surface area contributed by atoms with Crippen molar-refractivity contribution in [3.63, 3.8) is 0 Å². The van der Waals surface area contributed by atoms with Gasteiger partial charge in [0.15, 0.2) is 0 Å². The minimum absolute atomic E-state index is 0.234. The van der Waals surface area contributed by atoms with Crippen LogP contribution in [-0.2, 0) is 0 Å². The SMILES string of the molecule is CCOc1ccccc1[C@H]1CNC[C@@H]1CO. The normalized spacial score (nSPS) is 24.6. The van der Waals surface area contributed by atoms with Crippen molar-refractivity contribution >= 4 is 0 Å². The minimum Gasteiger partial charge on any atom is -0.494 e. The van der Waals surface area contributed by atoms with Crippen LogP contribution in [0.5, 0.6) is 5.75 Å². The van der Waals surface area contributed by atoms with Gasteiger partial charge in [-0.3, -0.25) is 0 Å². The smallest absolute Gasteiger partial charge is 0.122 e. The highest BCUT2D eigenvalue weighted by Gasteiger charge is 2.29. The van der Waals surface area contributed by atoms with Gasteiger partial charge < -0.3 is 15.2 Å². The Hall–Kier alpha value is -1.06. The van der Waals surface area contributed by atoms with Gasteiger partial charge in [-0.05, 0) is 18.6 Å². The third-order valence-electron chi connectivity index (χ3n) is 3.19. The summed E-state index contributed by atoms with van der Waals surface area (Å²) in [4.78, 5) is 0. The van der Waals surface area contributed by atoms with E-state index in [1.807, 2.05) is 25.1 Å². The van der Waals surface area contributed by atoms with E-state index in [2.05, 4.69) is 11.4 Å². The molecule has 2 N–H and O–H groups in total. The van der Waals surface area contributed by atoms with E-state index in [9.17, 15) is 5.11 Å². The number of benzene rings is 1. The summed E-state index contributed by atoms with van der Waals surface area (Å²) in [5.41, 5.74) is 1.22. The maximum atomic E-state index is 9.34. The Balaban J connectivity index is 2.24. The Bertz CT molecular complexity index is 340. The number of para-hydroxylation sites is 1. The molecule has 0 aliphatic carbocycles. The van der Waals surface area contributed by atoms with Crippen LogP contribution >= 0.6 is 0 Å². The molecule has 1 aliphatic rings. The first-order valence-corrected chi connectivity index (χ1v) is 5.90. The molecule has 0 spiro atoms. The number of hydrogen-bond acceptors (Lipinski definition) is 3. The van der Waals surface area contributed by atoms with Crippen molar-refractivity contribution in [2.75, 3.05) is 26.3 Å². The number of aliphatic hydroxyl groups is 1. The molecule has 3 heteroatoms. The highest BCUT2D eigenvalue weighted by atomic mass is 16.5. The molecule has 2 rings (SSSR count). The zero-order valence-electron chi connectivity index (χ0n) is 9.65. The van der Waals surface area contributed by atoms with Crippen LogP contribution in [0.2, 0.25) is 0 Å². The van der Waals surface area contributed by atoms with Gasteiger partial charge >= 0.3 is 0 Å². The molecular formula is C13H19NO2. The molecule has 1 saturated heterocycles. The lowest BCUT2D eigenvalue weighted by atomic mass is 9.89. The van der Waals surface area contributed by atoms with E-state index in [0.29, 0.717) is 18.4 Å². The van der Waals surface area contributed by atoms with E-state index in [1.165, 1.54) is 5.56 Å². The largest absolute Gasteiger partial charge is 0.494 e. The summed E-state index contributed by atoms with van der Waals surface area (Å²) in [5.74, 6) is 1.63. The van der Waals surface area contributed by atoms with Gasteiger partial charge in [0.1, 0.15) is 5.75 Å². The summed E-state index contributed by atoms with van der Waals surface area (Å²) in [6, 6.07) is 8.13. The summed E-state index contributed by atoms with van der Waals surface area (Å²) < 4.78 is 5.63. The Labute approximate surface area is 96.4 Å². The Kier molecular flexibility index (Phi) is 3.80. The summed E-state index contributed by atoms with van der Waals surface area (Å²) in [6.07, 6.45) is 0. The molecule has 0 bridgehead atoms. The van der Waals surface area contributed by atoms with Crippen LogP contribution in [0, 0.1) is 5.92 Å². The second-order valence-corrected chi connectivity index (χ2v) is 4.18. The molecule has 88 valence electrons. The van der Waals surface area contributed by atoms with Crippen molar-refractivity contribution < 1.29 is 9.84 Å². The van der Waals surface area contributed by atoms with E-state index >= 15 is 0 Å². The van der Waals surface area contributed by atoms with Crippen LogP contribution in [-0.4, -0.2) is 31.4 Å². The quantitative estimate of drug-likeness (QED) is 0.807. The van der Waals surface area contributed by atoms with Crippen molar-refractivity contribution in [2.45, 2.75) is 12.8 Å². The van der Waals surface area contributed by atoms with E-state index in [-0.39, 0.29) is 6.61 Å². The first-order chi connectivity index (χ1) is 7.86. The molecule has 16 heavy (non-hydrogen) atoms. The van der Waals surface area contributed by atoms with Gasteiger partial charge in [-0.25, -0.2) is 0 Å². The number of aliphatic hydroxyl groups excluding tert-OH is 1. The van der Waals surface area contributed by atoms with Crippen LogP contribution < -0.4 is 10.1 Å². The third kappa shape index (κ3) is 2.20. The highest BCUT2D eigenvalue weighted by Crippen LogP contribution is 2.33. The topological polar surface area (TPSA) is 41.5 Å². The van der Waals surface area contributed by atoms with Crippen molar-refractivity contribution in [3.05, 3.63) is 29.8 Å². The zero-order valence-corrected chi connectivity index (χ0v) is 9.65. The lowest BCUT2D eigenvalue weighted by Crippen LogP contribution is -2.15. The molecular weight excluding hydrogens is 202 g/mol. The third-order valence-corrected chi connectivity index (χ3v) is 3.19. The monoisotopic (exact) mass is 221 g/mol. The minimum atomic E-state index is 0.234. The van der Waals surface area contributed by atoms with Crippen LogP contribution in [0.3, 0.4) is 0 Å². The lowest BCUT2D eigenvalue weighted by molar-refractivity contribution is 0.224. The Morgan fingerprint density at radius 3 is 2.94 bits per heavy atom. The summed E-state index contributed by atoms with van der Waals surface area (Å²) >= 11 is 0. The van der Waals surface area contributed by atoms with Crippen molar-refractivity contribution in [1.29, 1.82) is 0 Å². The van der Waals surface area contributed by atoms with Crippen LogP contribution in [0.4, 0.5) is 0 Å². The van der Waals surface area contributed by atoms with Crippen LogP contribution in [0.1, 0.15) is 18.4 Å². The first kappa shape index (κ1) is 11.4. The fourth-order valence-electron chi connectivity index (χ4n) is 2.36. The van der Waals surface area contributed by atoms with Gasteiger partial charge in [0.25, 0.3) is 0 Å². The molecule has 0 unspecified atom stereocenters. The number of rotatable bonds is 4. The van der Waals surface area contributed by atoms with Gasteiger partial charge in [-0.1, -0.05) is 18.2 Å². The van der Waals surface area contributed by atoms with Gasteiger partial charge in [-0.15, -0.1) is 0 Å². The van der Waals surface area contributed by atoms with Gasteiger partial charge in [-0.2, -0.15) is 0 Å². The molecule has 0 saturated carbocycles. The Morgan fingerprint density at radius 2 is 2.19 bits per heavy atom. The number of ether oxygens (including phenoxy) is 1.